The van der Waals surface area contributed by atoms with Crippen LogP contribution in [0.2, 0.25) is 5.02 Å². The van der Waals surface area contributed by atoms with Crippen LogP contribution in [-0.4, -0.2) is 20.4 Å². The maximum absolute atomic E-state index is 12.3. The Kier molecular flexibility index (Phi) is 4.76. The van der Waals surface area contributed by atoms with Gasteiger partial charge in [-0.1, -0.05) is 23.7 Å². The third-order valence-electron chi connectivity index (χ3n) is 3.54. The number of anilines is 1. The van der Waals surface area contributed by atoms with Gasteiger partial charge in [-0.05, 0) is 29.8 Å². The Bertz CT molecular complexity index is 908. The highest BCUT2D eigenvalue weighted by atomic mass is 35.5. The summed E-state index contributed by atoms with van der Waals surface area (Å²) in [6, 6.07) is 11.2. The summed E-state index contributed by atoms with van der Waals surface area (Å²) in [7, 11) is 0. The van der Waals surface area contributed by atoms with Crippen molar-refractivity contribution in [2.75, 3.05) is 5.32 Å². The van der Waals surface area contributed by atoms with Crippen molar-refractivity contribution in [2.24, 2.45) is 0 Å². The number of aromatic nitrogens is 2. The van der Waals surface area contributed by atoms with Gasteiger partial charge in [0.15, 0.2) is 0 Å². The number of amides is 1. The number of benzene rings is 2. The molecule has 0 aliphatic rings. The Morgan fingerprint density at radius 2 is 2.00 bits per heavy atom. The summed E-state index contributed by atoms with van der Waals surface area (Å²) in [6.07, 6.45) is 5.28. The van der Waals surface area contributed by atoms with Crippen molar-refractivity contribution < 1.29 is 9.72 Å². The Labute approximate surface area is 148 Å². The number of nitro groups is 1. The zero-order valence-electron chi connectivity index (χ0n) is 12.9. The zero-order valence-corrected chi connectivity index (χ0v) is 13.7. The van der Waals surface area contributed by atoms with E-state index in [-0.39, 0.29) is 16.3 Å². The fraction of sp³-hybridized carbons (Fsp3) is 0.0588. The van der Waals surface area contributed by atoms with Crippen molar-refractivity contribution in [3.63, 3.8) is 0 Å². The van der Waals surface area contributed by atoms with Crippen LogP contribution in [0, 0.1) is 10.1 Å². The van der Waals surface area contributed by atoms with Crippen LogP contribution >= 0.6 is 11.6 Å². The number of hydrogen-bond acceptors (Lipinski definition) is 4. The largest absolute Gasteiger partial charge is 0.333 e. The van der Waals surface area contributed by atoms with Gasteiger partial charge in [-0.3, -0.25) is 14.9 Å². The zero-order chi connectivity index (χ0) is 17.8. The molecule has 0 aliphatic carbocycles. The van der Waals surface area contributed by atoms with Gasteiger partial charge >= 0.3 is 0 Å². The topological polar surface area (TPSA) is 90.1 Å². The van der Waals surface area contributed by atoms with Crippen LogP contribution < -0.4 is 5.32 Å². The quantitative estimate of drug-likeness (QED) is 0.557. The van der Waals surface area contributed by atoms with E-state index in [2.05, 4.69) is 10.3 Å². The highest BCUT2D eigenvalue weighted by molar-refractivity contribution is 6.31. The predicted octanol–water partition coefficient (Wildman–Crippen LogP) is 3.75. The molecule has 1 amide bonds. The predicted molar refractivity (Wildman–Crippen MR) is 93.8 cm³/mol. The molecule has 0 unspecified atom stereocenters. The van der Waals surface area contributed by atoms with Gasteiger partial charge in [0.2, 0.25) is 0 Å². The third kappa shape index (κ3) is 4.02. The molecule has 1 aromatic heterocycles. The molecule has 0 aliphatic heterocycles. The van der Waals surface area contributed by atoms with Crippen molar-refractivity contribution in [1.82, 2.24) is 9.55 Å². The van der Waals surface area contributed by atoms with Crippen LogP contribution in [0.4, 0.5) is 11.4 Å². The van der Waals surface area contributed by atoms with Crippen molar-refractivity contribution in [1.29, 1.82) is 0 Å². The molecule has 3 aromatic rings. The van der Waals surface area contributed by atoms with Crippen LogP contribution in [0.15, 0.2) is 61.2 Å². The molecule has 0 bridgehead atoms. The summed E-state index contributed by atoms with van der Waals surface area (Å²) < 4.78 is 1.92. The number of nitrogens with zero attached hydrogens (tertiary/aromatic N) is 3. The summed E-state index contributed by atoms with van der Waals surface area (Å²) in [5.41, 5.74) is 1.20. The number of carbonyl (C=O) groups is 1. The summed E-state index contributed by atoms with van der Waals surface area (Å²) in [5, 5.41) is 13.9. The normalized spacial score (nSPS) is 10.4. The lowest BCUT2D eigenvalue weighted by Crippen LogP contribution is -2.14. The molecule has 3 rings (SSSR count). The highest BCUT2D eigenvalue weighted by Crippen LogP contribution is 2.24. The van der Waals surface area contributed by atoms with E-state index in [4.69, 9.17) is 11.6 Å². The molecule has 1 heterocycles. The minimum Gasteiger partial charge on any atom is -0.333 e. The molecule has 25 heavy (non-hydrogen) atoms. The number of rotatable bonds is 5. The second kappa shape index (κ2) is 7.14. The Morgan fingerprint density at radius 3 is 2.64 bits per heavy atom. The van der Waals surface area contributed by atoms with E-state index in [1.165, 1.54) is 12.1 Å². The number of imidazole rings is 1. The van der Waals surface area contributed by atoms with Gasteiger partial charge in [0.1, 0.15) is 5.56 Å². The molecular formula is C17H13ClN4O3. The van der Waals surface area contributed by atoms with E-state index in [1.807, 2.05) is 22.9 Å². The van der Waals surface area contributed by atoms with Gasteiger partial charge in [0, 0.05) is 35.7 Å². The lowest BCUT2D eigenvalue weighted by molar-refractivity contribution is -0.385. The fourth-order valence-electron chi connectivity index (χ4n) is 2.33. The number of nitrogens with one attached hydrogen (secondary N) is 1. The van der Waals surface area contributed by atoms with Gasteiger partial charge in [-0.15, -0.1) is 0 Å². The van der Waals surface area contributed by atoms with Crippen LogP contribution in [-0.2, 0) is 6.54 Å². The van der Waals surface area contributed by atoms with Gasteiger partial charge in [0.25, 0.3) is 11.6 Å². The smallest absolute Gasteiger partial charge is 0.283 e. The SMILES string of the molecule is O=C(Nc1ccc(Cn2ccnc2)cc1)c1ccc(Cl)cc1[N+](=O)[O-]. The van der Waals surface area contributed by atoms with Gasteiger partial charge < -0.3 is 9.88 Å². The monoisotopic (exact) mass is 356 g/mol. The summed E-state index contributed by atoms with van der Waals surface area (Å²) in [6.45, 7) is 0.664. The van der Waals surface area contributed by atoms with E-state index in [0.29, 0.717) is 12.2 Å². The molecule has 0 atom stereocenters. The van der Waals surface area contributed by atoms with Crippen molar-refractivity contribution in [2.45, 2.75) is 6.54 Å². The van der Waals surface area contributed by atoms with Crippen LogP contribution in [0.25, 0.3) is 0 Å². The average molecular weight is 357 g/mol. The summed E-state index contributed by atoms with van der Waals surface area (Å²) >= 11 is 5.76. The van der Waals surface area contributed by atoms with Gasteiger partial charge in [0.05, 0.1) is 11.3 Å². The van der Waals surface area contributed by atoms with E-state index >= 15 is 0 Å². The van der Waals surface area contributed by atoms with Crippen molar-refractivity contribution in [3.8, 4) is 0 Å². The number of nitro benzene ring substituents is 1. The molecule has 8 heteroatoms. The minimum atomic E-state index is -0.630. The van der Waals surface area contributed by atoms with E-state index < -0.39 is 10.8 Å². The molecule has 0 radical (unpaired) electrons. The maximum atomic E-state index is 12.3. The number of carbonyl (C=O) groups excluding carboxylic acids is 1. The molecule has 0 fully saturated rings. The summed E-state index contributed by atoms with van der Waals surface area (Å²) in [4.78, 5) is 26.8. The van der Waals surface area contributed by atoms with Crippen LogP contribution in [0.1, 0.15) is 15.9 Å². The molecule has 0 spiro atoms. The number of hydrogen-bond donors (Lipinski definition) is 1. The first kappa shape index (κ1) is 16.7. The maximum Gasteiger partial charge on any atom is 0.283 e. The van der Waals surface area contributed by atoms with Crippen molar-refractivity contribution in [3.05, 3.63) is 87.4 Å². The molecular weight excluding hydrogens is 344 g/mol. The average Bonchev–Trinajstić information content (AvgIpc) is 3.09. The second-order valence-electron chi connectivity index (χ2n) is 5.30. The lowest BCUT2D eigenvalue weighted by atomic mass is 10.1. The molecule has 7 nitrogen and oxygen atoms in total. The van der Waals surface area contributed by atoms with E-state index in [1.54, 1.807) is 24.7 Å². The standard InChI is InChI=1S/C17H13ClN4O3/c18-13-3-6-15(16(9-13)22(24)25)17(23)20-14-4-1-12(2-5-14)10-21-8-7-19-11-21/h1-9,11H,10H2,(H,20,23). The third-order valence-corrected chi connectivity index (χ3v) is 3.77. The first-order valence-corrected chi connectivity index (χ1v) is 7.71. The molecule has 0 saturated carbocycles. The molecule has 2 aromatic carbocycles. The number of halogens is 1. The van der Waals surface area contributed by atoms with E-state index in [9.17, 15) is 14.9 Å². The highest BCUT2D eigenvalue weighted by Gasteiger charge is 2.20. The first-order chi connectivity index (χ1) is 12.0. The molecule has 1 N–H and O–H groups in total. The van der Waals surface area contributed by atoms with Gasteiger partial charge in [-0.2, -0.15) is 0 Å². The lowest BCUT2D eigenvalue weighted by Gasteiger charge is -2.08. The second-order valence-corrected chi connectivity index (χ2v) is 5.74. The van der Waals surface area contributed by atoms with Crippen molar-refractivity contribution >= 4 is 28.9 Å². The molecule has 0 saturated heterocycles. The van der Waals surface area contributed by atoms with E-state index in [0.717, 1.165) is 11.6 Å². The van der Waals surface area contributed by atoms with Gasteiger partial charge in [-0.25, -0.2) is 4.98 Å². The summed E-state index contributed by atoms with van der Waals surface area (Å²) in [5.74, 6) is -0.564. The van der Waals surface area contributed by atoms with Crippen LogP contribution in [0.5, 0.6) is 0 Å². The Morgan fingerprint density at radius 1 is 1.24 bits per heavy atom. The van der Waals surface area contributed by atoms with Crippen LogP contribution in [0.3, 0.4) is 0 Å². The first-order valence-electron chi connectivity index (χ1n) is 7.33. The minimum absolute atomic E-state index is 0.0445. The molecule has 126 valence electrons. The Balaban J connectivity index is 1.74. The Hall–Kier alpha value is -3.19. The fourth-order valence-corrected chi connectivity index (χ4v) is 2.50.